The number of anilines is 1. The van der Waals surface area contributed by atoms with Gasteiger partial charge in [-0.1, -0.05) is 42.3 Å². The van der Waals surface area contributed by atoms with E-state index in [0.717, 1.165) is 23.4 Å². The first-order valence-electron chi connectivity index (χ1n) is 6.49. The van der Waals surface area contributed by atoms with Crippen LogP contribution in [-0.4, -0.2) is 7.11 Å². The molecule has 0 aliphatic rings. The third-order valence-corrected chi connectivity index (χ3v) is 3.90. The third-order valence-electron chi connectivity index (χ3n) is 3.16. The highest BCUT2D eigenvalue weighted by Gasteiger charge is 2.11. The molecule has 0 aromatic heterocycles. The monoisotopic (exact) mass is 309 g/mol. The Hall–Kier alpha value is -1.38. The molecule has 0 fully saturated rings. The Labute approximate surface area is 129 Å². The smallest absolute Gasteiger partial charge is 0.120 e. The Bertz CT molecular complexity index is 586. The highest BCUT2D eigenvalue weighted by atomic mass is 35.5. The predicted octanol–water partition coefficient (Wildman–Crippen LogP) is 5.57. The average molecular weight is 310 g/mol. The molecule has 2 nitrogen and oxygen atoms in total. The first-order chi connectivity index (χ1) is 9.63. The summed E-state index contributed by atoms with van der Waals surface area (Å²) >= 11 is 12.0. The maximum Gasteiger partial charge on any atom is 0.120 e. The van der Waals surface area contributed by atoms with Crippen LogP contribution in [0.1, 0.15) is 24.9 Å². The molecule has 2 rings (SSSR count). The van der Waals surface area contributed by atoms with E-state index in [4.69, 9.17) is 27.9 Å². The number of benzene rings is 2. The SMILES string of the molecule is CCC(Nc1cccc(OC)c1)c1ccc(Cl)c(Cl)c1. The molecule has 2 aromatic rings. The van der Waals surface area contributed by atoms with Crippen LogP contribution >= 0.6 is 23.2 Å². The second-order valence-corrected chi connectivity index (χ2v) is 5.33. The topological polar surface area (TPSA) is 21.3 Å². The number of halogens is 2. The summed E-state index contributed by atoms with van der Waals surface area (Å²) in [6, 6.07) is 13.8. The molecule has 0 saturated heterocycles. The Balaban J connectivity index is 2.21. The average Bonchev–Trinajstić information content (AvgIpc) is 2.48. The van der Waals surface area contributed by atoms with Crippen molar-refractivity contribution in [2.75, 3.05) is 12.4 Å². The molecule has 2 aromatic carbocycles. The van der Waals surface area contributed by atoms with Crippen LogP contribution in [0.5, 0.6) is 5.75 Å². The van der Waals surface area contributed by atoms with Crippen molar-refractivity contribution >= 4 is 28.9 Å². The molecule has 0 saturated carbocycles. The lowest BCUT2D eigenvalue weighted by Crippen LogP contribution is -2.09. The molecule has 0 bridgehead atoms. The molecule has 20 heavy (non-hydrogen) atoms. The molecule has 106 valence electrons. The number of hydrogen-bond acceptors (Lipinski definition) is 2. The van der Waals surface area contributed by atoms with Crippen molar-refractivity contribution in [2.45, 2.75) is 19.4 Å². The summed E-state index contributed by atoms with van der Waals surface area (Å²) in [6.07, 6.45) is 0.940. The van der Waals surface area contributed by atoms with Crippen molar-refractivity contribution in [2.24, 2.45) is 0 Å². The van der Waals surface area contributed by atoms with E-state index in [1.807, 2.05) is 42.5 Å². The van der Waals surface area contributed by atoms with Gasteiger partial charge in [-0.2, -0.15) is 0 Å². The van der Waals surface area contributed by atoms with Crippen LogP contribution < -0.4 is 10.1 Å². The van der Waals surface area contributed by atoms with Gasteiger partial charge in [0.15, 0.2) is 0 Å². The van der Waals surface area contributed by atoms with Crippen LogP contribution in [0.4, 0.5) is 5.69 Å². The Kier molecular flexibility index (Phi) is 5.16. The van der Waals surface area contributed by atoms with Gasteiger partial charge in [0.05, 0.1) is 23.2 Å². The molecular formula is C16H17Cl2NO. The van der Waals surface area contributed by atoms with Crippen molar-refractivity contribution in [1.82, 2.24) is 0 Å². The summed E-state index contributed by atoms with van der Waals surface area (Å²) < 4.78 is 5.23. The van der Waals surface area contributed by atoms with E-state index in [-0.39, 0.29) is 6.04 Å². The van der Waals surface area contributed by atoms with Gasteiger partial charge in [-0.05, 0) is 36.2 Å². The van der Waals surface area contributed by atoms with Crippen LogP contribution in [-0.2, 0) is 0 Å². The molecule has 0 aliphatic carbocycles. The summed E-state index contributed by atoms with van der Waals surface area (Å²) in [5, 5.41) is 4.64. The van der Waals surface area contributed by atoms with Crippen molar-refractivity contribution < 1.29 is 4.74 Å². The second-order valence-electron chi connectivity index (χ2n) is 4.51. The normalized spacial score (nSPS) is 12.0. The Morgan fingerprint density at radius 3 is 2.55 bits per heavy atom. The molecule has 0 heterocycles. The van der Waals surface area contributed by atoms with Gasteiger partial charge in [0.25, 0.3) is 0 Å². The number of methoxy groups -OCH3 is 1. The zero-order chi connectivity index (χ0) is 14.5. The van der Waals surface area contributed by atoms with Crippen molar-refractivity contribution in [3.05, 3.63) is 58.1 Å². The van der Waals surface area contributed by atoms with E-state index in [9.17, 15) is 0 Å². The van der Waals surface area contributed by atoms with E-state index in [2.05, 4.69) is 12.2 Å². The maximum atomic E-state index is 6.09. The summed E-state index contributed by atoms with van der Waals surface area (Å²) in [5.41, 5.74) is 2.13. The van der Waals surface area contributed by atoms with Gasteiger partial charge in [0.1, 0.15) is 5.75 Å². The first kappa shape index (κ1) is 15.0. The van der Waals surface area contributed by atoms with Gasteiger partial charge in [0, 0.05) is 11.8 Å². The molecule has 0 aliphatic heterocycles. The molecule has 1 unspecified atom stereocenters. The molecule has 0 amide bonds. The highest BCUT2D eigenvalue weighted by molar-refractivity contribution is 6.42. The molecule has 1 atom stereocenters. The van der Waals surface area contributed by atoms with Gasteiger partial charge in [-0.3, -0.25) is 0 Å². The fourth-order valence-corrected chi connectivity index (χ4v) is 2.37. The standard InChI is InChI=1S/C16H17Cl2NO/c1-3-16(11-7-8-14(17)15(18)9-11)19-12-5-4-6-13(10-12)20-2/h4-10,16,19H,3H2,1-2H3. The summed E-state index contributed by atoms with van der Waals surface area (Å²) in [7, 11) is 1.66. The van der Waals surface area contributed by atoms with Crippen molar-refractivity contribution in [3.63, 3.8) is 0 Å². The van der Waals surface area contributed by atoms with Crippen LogP contribution in [0.3, 0.4) is 0 Å². The Morgan fingerprint density at radius 1 is 1.10 bits per heavy atom. The first-order valence-corrected chi connectivity index (χ1v) is 7.25. The van der Waals surface area contributed by atoms with Gasteiger partial charge in [-0.15, -0.1) is 0 Å². The molecule has 0 spiro atoms. The maximum absolute atomic E-state index is 6.09. The van der Waals surface area contributed by atoms with E-state index in [1.54, 1.807) is 7.11 Å². The second kappa shape index (κ2) is 6.87. The fraction of sp³-hybridized carbons (Fsp3) is 0.250. The van der Waals surface area contributed by atoms with Crippen molar-refractivity contribution in [3.8, 4) is 5.75 Å². The number of hydrogen-bond donors (Lipinski definition) is 1. The minimum Gasteiger partial charge on any atom is -0.497 e. The van der Waals surface area contributed by atoms with Gasteiger partial charge in [-0.25, -0.2) is 0 Å². The molecule has 0 radical (unpaired) electrons. The quantitative estimate of drug-likeness (QED) is 0.780. The molecule has 4 heteroatoms. The zero-order valence-corrected chi connectivity index (χ0v) is 13.0. The van der Waals surface area contributed by atoms with E-state index in [0.29, 0.717) is 10.0 Å². The van der Waals surface area contributed by atoms with E-state index >= 15 is 0 Å². The largest absolute Gasteiger partial charge is 0.497 e. The lowest BCUT2D eigenvalue weighted by molar-refractivity contribution is 0.415. The van der Waals surface area contributed by atoms with Crippen LogP contribution in [0.2, 0.25) is 10.0 Å². The summed E-state index contributed by atoms with van der Waals surface area (Å²) in [6.45, 7) is 2.13. The molecular weight excluding hydrogens is 293 g/mol. The minimum atomic E-state index is 0.178. The predicted molar refractivity (Wildman–Crippen MR) is 86.1 cm³/mol. The van der Waals surface area contributed by atoms with Gasteiger partial charge < -0.3 is 10.1 Å². The fourth-order valence-electron chi connectivity index (χ4n) is 2.06. The number of rotatable bonds is 5. The third kappa shape index (κ3) is 3.59. The van der Waals surface area contributed by atoms with Gasteiger partial charge in [0.2, 0.25) is 0 Å². The van der Waals surface area contributed by atoms with Crippen LogP contribution in [0.15, 0.2) is 42.5 Å². The number of ether oxygens (including phenoxy) is 1. The highest BCUT2D eigenvalue weighted by Crippen LogP contribution is 2.29. The van der Waals surface area contributed by atoms with E-state index in [1.165, 1.54) is 0 Å². The van der Waals surface area contributed by atoms with Crippen LogP contribution in [0, 0.1) is 0 Å². The van der Waals surface area contributed by atoms with Crippen LogP contribution in [0.25, 0.3) is 0 Å². The number of nitrogens with one attached hydrogen (secondary N) is 1. The summed E-state index contributed by atoms with van der Waals surface area (Å²) in [4.78, 5) is 0. The summed E-state index contributed by atoms with van der Waals surface area (Å²) in [5.74, 6) is 0.832. The minimum absolute atomic E-state index is 0.178. The Morgan fingerprint density at radius 2 is 1.90 bits per heavy atom. The molecule has 1 N–H and O–H groups in total. The lowest BCUT2D eigenvalue weighted by Gasteiger charge is -2.19. The van der Waals surface area contributed by atoms with E-state index < -0.39 is 0 Å². The van der Waals surface area contributed by atoms with Crippen molar-refractivity contribution in [1.29, 1.82) is 0 Å². The zero-order valence-electron chi connectivity index (χ0n) is 11.5. The van der Waals surface area contributed by atoms with Gasteiger partial charge >= 0.3 is 0 Å². The lowest BCUT2D eigenvalue weighted by atomic mass is 10.0.